The molecular weight excluding hydrogens is 249 g/mol. The molecule has 1 aromatic rings. The molecule has 1 aromatic carbocycles. The first-order chi connectivity index (χ1) is 6.86. The van der Waals surface area contributed by atoms with Gasteiger partial charge >= 0.3 is 29.6 Å². The number of carbonyl (C=O) groups excluding carboxylic acids is 1. The maximum atomic E-state index is 10.7. The van der Waals surface area contributed by atoms with Gasteiger partial charge in [0, 0.05) is 17.7 Å². The average molecular weight is 253 g/mol. The number of hydrogen-bond donors (Lipinski definition) is 0. The van der Waals surface area contributed by atoms with Crippen LogP contribution in [0.25, 0.3) is 0 Å². The van der Waals surface area contributed by atoms with Crippen molar-refractivity contribution in [3.05, 3.63) is 33.9 Å². The fraction of sp³-hybridized carbons (Fsp3) is 0. The Labute approximate surface area is 113 Å². The van der Waals surface area contributed by atoms with Crippen molar-refractivity contribution >= 4 is 22.1 Å². The number of nitro groups is 1. The van der Waals surface area contributed by atoms with E-state index in [4.69, 9.17) is 0 Å². The van der Waals surface area contributed by atoms with E-state index in [1.54, 1.807) is 0 Å². The van der Waals surface area contributed by atoms with E-state index in [9.17, 15) is 27.9 Å². The number of nitrogens with zero attached hydrogens (tertiary/aromatic N) is 1. The van der Waals surface area contributed by atoms with E-state index in [2.05, 4.69) is 0 Å². The molecule has 0 aromatic heterocycles. The zero-order valence-electron chi connectivity index (χ0n) is 8.11. The van der Waals surface area contributed by atoms with Gasteiger partial charge in [-0.15, -0.1) is 0 Å². The normalized spacial score (nSPS) is 10.3. The molecule has 0 heterocycles. The average Bonchev–Trinajstić information content (AvgIpc) is 2.15. The molecule has 1 rings (SSSR count). The smallest absolute Gasteiger partial charge is 0.744 e. The molecule has 7 nitrogen and oxygen atoms in total. The zero-order valence-corrected chi connectivity index (χ0v) is 10.9. The standard InChI is InChI=1S/C7H5NO6S.Na/c9-4-5-1-2-6(8(10)11)3-7(5)15(12,13)14;/h1-4H,(H,12,13,14);/q;+1/p-1. The third-order valence-electron chi connectivity index (χ3n) is 1.60. The first-order valence-corrected chi connectivity index (χ1v) is 4.96. The van der Waals surface area contributed by atoms with Crippen LogP contribution in [0.2, 0.25) is 0 Å². The molecule has 0 unspecified atom stereocenters. The summed E-state index contributed by atoms with van der Waals surface area (Å²) in [6.07, 6.45) is 0.147. The van der Waals surface area contributed by atoms with Crippen LogP contribution in [-0.2, 0) is 10.1 Å². The van der Waals surface area contributed by atoms with Crippen molar-refractivity contribution in [1.82, 2.24) is 0 Å². The Bertz CT molecular complexity index is 526. The van der Waals surface area contributed by atoms with Crippen molar-refractivity contribution in [2.24, 2.45) is 0 Å². The van der Waals surface area contributed by atoms with Crippen LogP contribution in [0, 0.1) is 10.1 Å². The Morgan fingerprint density at radius 2 is 1.88 bits per heavy atom. The van der Waals surface area contributed by atoms with Crippen LogP contribution in [-0.4, -0.2) is 24.2 Å². The second-order valence-corrected chi connectivity index (χ2v) is 3.90. The summed E-state index contributed by atoms with van der Waals surface area (Å²) in [4.78, 5) is 18.9. The van der Waals surface area contributed by atoms with E-state index >= 15 is 0 Å². The van der Waals surface area contributed by atoms with Gasteiger partial charge in [0.2, 0.25) is 0 Å². The summed E-state index contributed by atoms with van der Waals surface area (Å²) in [5, 5.41) is 10.3. The molecule has 16 heavy (non-hydrogen) atoms. The molecule has 0 spiro atoms. The van der Waals surface area contributed by atoms with Crippen LogP contribution in [0.3, 0.4) is 0 Å². The number of aldehydes is 1. The molecule has 0 radical (unpaired) electrons. The minimum Gasteiger partial charge on any atom is -0.744 e. The third kappa shape index (κ3) is 3.35. The molecule has 0 amide bonds. The van der Waals surface area contributed by atoms with Gasteiger partial charge in [-0.25, -0.2) is 8.42 Å². The molecule has 0 aliphatic carbocycles. The van der Waals surface area contributed by atoms with Gasteiger partial charge < -0.3 is 4.55 Å². The minimum absolute atomic E-state index is 0. The fourth-order valence-electron chi connectivity index (χ4n) is 0.950. The number of nitro benzene ring substituents is 1. The van der Waals surface area contributed by atoms with E-state index in [0.717, 1.165) is 12.1 Å². The third-order valence-corrected chi connectivity index (χ3v) is 2.50. The number of rotatable bonds is 3. The van der Waals surface area contributed by atoms with E-state index in [1.807, 2.05) is 0 Å². The van der Waals surface area contributed by atoms with E-state index < -0.39 is 31.2 Å². The maximum absolute atomic E-state index is 10.7. The second-order valence-electron chi connectivity index (χ2n) is 2.55. The van der Waals surface area contributed by atoms with Crippen LogP contribution in [0.15, 0.2) is 23.1 Å². The van der Waals surface area contributed by atoms with Crippen molar-refractivity contribution in [3.63, 3.8) is 0 Å². The SMILES string of the molecule is O=Cc1ccc([N+](=O)[O-])cc1S(=O)(=O)[O-].[Na+]. The summed E-state index contributed by atoms with van der Waals surface area (Å²) < 4.78 is 32.0. The summed E-state index contributed by atoms with van der Waals surface area (Å²) in [5.74, 6) is 0. The number of hydrogen-bond acceptors (Lipinski definition) is 6. The van der Waals surface area contributed by atoms with E-state index in [-0.39, 0.29) is 35.8 Å². The van der Waals surface area contributed by atoms with E-state index in [1.165, 1.54) is 0 Å². The molecular formula is C7H4NNaO6S. The Balaban J connectivity index is 0.00000225. The van der Waals surface area contributed by atoms with Gasteiger partial charge in [-0.3, -0.25) is 14.9 Å². The van der Waals surface area contributed by atoms with Crippen LogP contribution in [0.5, 0.6) is 0 Å². The van der Waals surface area contributed by atoms with Gasteiger partial charge in [-0.2, -0.15) is 0 Å². The summed E-state index contributed by atoms with van der Waals surface area (Å²) in [7, 11) is -4.89. The number of carbonyl (C=O) groups is 1. The molecule has 80 valence electrons. The Hall–Kier alpha value is -0.800. The van der Waals surface area contributed by atoms with Crippen molar-refractivity contribution < 1.29 is 52.2 Å². The first kappa shape index (κ1) is 15.2. The van der Waals surface area contributed by atoms with Crippen molar-refractivity contribution in [1.29, 1.82) is 0 Å². The summed E-state index contributed by atoms with van der Waals surface area (Å²) in [5.41, 5.74) is -0.953. The molecule has 0 aliphatic heterocycles. The monoisotopic (exact) mass is 253 g/mol. The van der Waals surface area contributed by atoms with Gasteiger partial charge in [0.1, 0.15) is 10.1 Å². The van der Waals surface area contributed by atoms with Crippen molar-refractivity contribution in [3.8, 4) is 0 Å². The molecule has 9 heteroatoms. The van der Waals surface area contributed by atoms with Gasteiger partial charge in [0.25, 0.3) is 5.69 Å². The Morgan fingerprint density at radius 3 is 2.25 bits per heavy atom. The molecule has 0 fully saturated rings. The quantitative estimate of drug-likeness (QED) is 0.190. The van der Waals surface area contributed by atoms with Gasteiger partial charge in [0.15, 0.2) is 6.29 Å². The molecule has 0 atom stereocenters. The van der Waals surface area contributed by atoms with Crippen LogP contribution in [0.1, 0.15) is 10.4 Å². The van der Waals surface area contributed by atoms with Crippen molar-refractivity contribution in [2.45, 2.75) is 4.90 Å². The Morgan fingerprint density at radius 1 is 1.31 bits per heavy atom. The molecule has 0 N–H and O–H groups in total. The van der Waals surface area contributed by atoms with Crippen LogP contribution in [0.4, 0.5) is 5.69 Å². The molecule has 0 saturated heterocycles. The minimum atomic E-state index is -4.89. The predicted molar refractivity (Wildman–Crippen MR) is 46.4 cm³/mol. The molecule has 0 aliphatic rings. The van der Waals surface area contributed by atoms with Gasteiger partial charge in [-0.1, -0.05) is 0 Å². The number of non-ortho nitro benzene ring substituents is 1. The maximum Gasteiger partial charge on any atom is 1.00 e. The van der Waals surface area contributed by atoms with Gasteiger partial charge in [-0.05, 0) is 6.07 Å². The Kier molecular flexibility index (Phi) is 5.23. The molecule has 0 saturated carbocycles. The fourth-order valence-corrected chi connectivity index (χ4v) is 1.62. The van der Waals surface area contributed by atoms with Crippen LogP contribution < -0.4 is 29.6 Å². The number of benzene rings is 1. The predicted octanol–water partition coefficient (Wildman–Crippen LogP) is -2.68. The summed E-state index contributed by atoms with van der Waals surface area (Å²) in [6.45, 7) is 0. The first-order valence-electron chi connectivity index (χ1n) is 3.56. The molecule has 0 bridgehead atoms. The summed E-state index contributed by atoms with van der Waals surface area (Å²) in [6, 6.07) is 2.42. The van der Waals surface area contributed by atoms with E-state index in [0.29, 0.717) is 6.07 Å². The van der Waals surface area contributed by atoms with Crippen LogP contribution >= 0.6 is 0 Å². The zero-order chi connectivity index (χ0) is 11.6. The van der Waals surface area contributed by atoms with Gasteiger partial charge in [0.05, 0.1) is 9.82 Å². The second kappa shape index (κ2) is 5.51. The van der Waals surface area contributed by atoms with Crippen molar-refractivity contribution in [2.75, 3.05) is 0 Å². The topological polar surface area (TPSA) is 117 Å². The summed E-state index contributed by atoms with van der Waals surface area (Å²) >= 11 is 0. The largest absolute Gasteiger partial charge is 1.00 e.